The SMILES string of the molecule is CC(C)[C@H](NC(=O)c1c(F)cccc1F)C(=O)OCC(=O)N[C@H]1CCS(=O)(=O)C1. The van der Waals surface area contributed by atoms with Gasteiger partial charge in [-0.05, 0) is 24.5 Å². The first-order chi connectivity index (χ1) is 13.5. The number of nitrogens with one attached hydrogen (secondary N) is 2. The Labute approximate surface area is 166 Å². The molecule has 0 spiro atoms. The van der Waals surface area contributed by atoms with Crippen molar-refractivity contribution in [3.63, 3.8) is 0 Å². The molecule has 160 valence electrons. The lowest BCUT2D eigenvalue weighted by atomic mass is 10.0. The zero-order valence-electron chi connectivity index (χ0n) is 15.9. The van der Waals surface area contributed by atoms with Gasteiger partial charge in [0.25, 0.3) is 11.8 Å². The zero-order valence-corrected chi connectivity index (χ0v) is 16.7. The quantitative estimate of drug-likeness (QED) is 0.608. The monoisotopic (exact) mass is 432 g/mol. The maximum Gasteiger partial charge on any atom is 0.329 e. The highest BCUT2D eigenvalue weighted by atomic mass is 32.2. The van der Waals surface area contributed by atoms with Crippen molar-refractivity contribution < 1.29 is 36.3 Å². The molecule has 1 saturated heterocycles. The van der Waals surface area contributed by atoms with Crippen LogP contribution in [0.5, 0.6) is 0 Å². The van der Waals surface area contributed by atoms with Crippen LogP contribution in [0, 0.1) is 17.6 Å². The van der Waals surface area contributed by atoms with Gasteiger partial charge in [-0.3, -0.25) is 9.59 Å². The second-order valence-electron chi connectivity index (χ2n) is 7.07. The average Bonchev–Trinajstić information content (AvgIpc) is 2.95. The number of hydrogen-bond acceptors (Lipinski definition) is 6. The Morgan fingerprint density at radius 1 is 1.21 bits per heavy atom. The van der Waals surface area contributed by atoms with Crippen molar-refractivity contribution >= 4 is 27.6 Å². The first-order valence-electron chi connectivity index (χ1n) is 8.91. The summed E-state index contributed by atoms with van der Waals surface area (Å²) in [5.41, 5.74) is -0.828. The molecular weight excluding hydrogens is 410 g/mol. The fraction of sp³-hybridized carbons (Fsp3) is 0.500. The summed E-state index contributed by atoms with van der Waals surface area (Å²) in [5.74, 6) is -5.62. The lowest BCUT2D eigenvalue weighted by Crippen LogP contribution is -2.47. The molecule has 1 aliphatic rings. The average molecular weight is 432 g/mol. The van der Waals surface area contributed by atoms with Crippen LogP contribution in [0.3, 0.4) is 0 Å². The van der Waals surface area contributed by atoms with Gasteiger partial charge in [-0.15, -0.1) is 0 Å². The summed E-state index contributed by atoms with van der Waals surface area (Å²) in [4.78, 5) is 36.3. The van der Waals surface area contributed by atoms with Gasteiger partial charge in [0.05, 0.1) is 11.5 Å². The summed E-state index contributed by atoms with van der Waals surface area (Å²) in [7, 11) is -3.18. The van der Waals surface area contributed by atoms with Crippen molar-refractivity contribution in [3.8, 4) is 0 Å². The van der Waals surface area contributed by atoms with Gasteiger partial charge in [0, 0.05) is 6.04 Å². The van der Waals surface area contributed by atoms with Crippen LogP contribution >= 0.6 is 0 Å². The van der Waals surface area contributed by atoms with Crippen LogP contribution in [0.15, 0.2) is 18.2 Å². The van der Waals surface area contributed by atoms with Crippen molar-refractivity contribution in [2.75, 3.05) is 18.1 Å². The van der Waals surface area contributed by atoms with Gasteiger partial charge in [-0.2, -0.15) is 0 Å². The molecule has 29 heavy (non-hydrogen) atoms. The predicted molar refractivity (Wildman–Crippen MR) is 98.6 cm³/mol. The number of carbonyl (C=O) groups excluding carboxylic acids is 3. The largest absolute Gasteiger partial charge is 0.454 e. The Morgan fingerprint density at radius 3 is 2.34 bits per heavy atom. The van der Waals surface area contributed by atoms with E-state index in [9.17, 15) is 31.6 Å². The topological polar surface area (TPSA) is 119 Å². The molecule has 2 N–H and O–H groups in total. The summed E-state index contributed by atoms with van der Waals surface area (Å²) >= 11 is 0. The van der Waals surface area contributed by atoms with E-state index in [0.29, 0.717) is 0 Å². The first kappa shape index (κ1) is 22.7. The van der Waals surface area contributed by atoms with Crippen molar-refractivity contribution in [1.82, 2.24) is 10.6 Å². The van der Waals surface area contributed by atoms with Gasteiger partial charge >= 0.3 is 5.97 Å². The lowest BCUT2D eigenvalue weighted by Gasteiger charge is -2.21. The minimum atomic E-state index is -3.18. The van der Waals surface area contributed by atoms with Gasteiger partial charge in [-0.1, -0.05) is 19.9 Å². The Morgan fingerprint density at radius 2 is 1.83 bits per heavy atom. The third-order valence-corrected chi connectivity index (χ3v) is 6.11. The Kier molecular flexibility index (Phi) is 7.28. The molecular formula is C18H22F2N2O6S. The number of sulfone groups is 1. The summed E-state index contributed by atoms with van der Waals surface area (Å²) in [6, 6.07) is 1.13. The number of halogens is 2. The minimum absolute atomic E-state index is 0.0220. The molecule has 0 aliphatic carbocycles. The van der Waals surface area contributed by atoms with Crippen LogP contribution in [-0.2, 0) is 24.2 Å². The fourth-order valence-corrected chi connectivity index (χ4v) is 4.50. The molecule has 11 heteroatoms. The Hall–Kier alpha value is -2.56. The molecule has 1 fully saturated rings. The normalized spacial score (nSPS) is 18.9. The van der Waals surface area contributed by atoms with E-state index in [2.05, 4.69) is 10.6 Å². The summed E-state index contributed by atoms with van der Waals surface area (Å²) < 4.78 is 55.2. The molecule has 1 heterocycles. The van der Waals surface area contributed by atoms with Gasteiger partial charge in [0.15, 0.2) is 16.4 Å². The van der Waals surface area contributed by atoms with E-state index in [0.717, 1.165) is 18.2 Å². The molecule has 1 aliphatic heterocycles. The van der Waals surface area contributed by atoms with Gasteiger partial charge in [0.2, 0.25) is 0 Å². The number of hydrogen-bond donors (Lipinski definition) is 2. The number of amides is 2. The zero-order chi connectivity index (χ0) is 21.8. The Balaban J connectivity index is 1.94. The summed E-state index contributed by atoms with van der Waals surface area (Å²) in [5, 5.41) is 4.68. The molecule has 2 atom stereocenters. The fourth-order valence-electron chi connectivity index (χ4n) is 2.83. The van der Waals surface area contributed by atoms with Crippen LogP contribution in [0.4, 0.5) is 8.78 Å². The molecule has 1 aromatic rings. The van der Waals surface area contributed by atoms with E-state index in [1.54, 1.807) is 13.8 Å². The molecule has 0 radical (unpaired) electrons. The number of carbonyl (C=O) groups is 3. The number of rotatable bonds is 7. The molecule has 8 nitrogen and oxygen atoms in total. The third kappa shape index (κ3) is 6.21. The van der Waals surface area contributed by atoms with Crippen LogP contribution in [0.25, 0.3) is 0 Å². The third-order valence-electron chi connectivity index (χ3n) is 4.34. The first-order valence-corrected chi connectivity index (χ1v) is 10.7. The van der Waals surface area contributed by atoms with Crippen molar-refractivity contribution in [1.29, 1.82) is 0 Å². The summed E-state index contributed by atoms with van der Waals surface area (Å²) in [6.45, 7) is 2.48. The van der Waals surface area contributed by atoms with Crippen molar-refractivity contribution in [2.24, 2.45) is 5.92 Å². The van der Waals surface area contributed by atoms with Crippen LogP contribution in [0.2, 0.25) is 0 Å². The molecule has 1 aromatic carbocycles. The summed E-state index contributed by atoms with van der Waals surface area (Å²) in [6.07, 6.45) is 0.279. The smallest absolute Gasteiger partial charge is 0.329 e. The van der Waals surface area contributed by atoms with Crippen LogP contribution in [0.1, 0.15) is 30.6 Å². The molecule has 0 bridgehead atoms. The van der Waals surface area contributed by atoms with Crippen molar-refractivity contribution in [2.45, 2.75) is 32.4 Å². The highest BCUT2D eigenvalue weighted by Crippen LogP contribution is 2.14. The lowest BCUT2D eigenvalue weighted by molar-refractivity contribution is -0.151. The highest BCUT2D eigenvalue weighted by molar-refractivity contribution is 7.91. The maximum atomic E-state index is 13.7. The standard InChI is InChI=1S/C18H22F2N2O6S/c1-10(2)16(22-17(24)15-12(19)4-3-5-13(15)20)18(25)28-8-14(23)21-11-6-7-29(26,27)9-11/h3-5,10-11,16H,6-9H2,1-2H3,(H,21,23)(H,22,24)/t11-,16-/m0/s1. The van der Waals surface area contributed by atoms with E-state index in [4.69, 9.17) is 4.74 Å². The highest BCUT2D eigenvalue weighted by Gasteiger charge is 2.31. The van der Waals surface area contributed by atoms with Crippen LogP contribution in [-0.4, -0.2) is 56.4 Å². The molecule has 2 amide bonds. The van der Waals surface area contributed by atoms with Crippen LogP contribution < -0.4 is 10.6 Å². The second kappa shape index (κ2) is 9.29. The van der Waals surface area contributed by atoms with Crippen molar-refractivity contribution in [3.05, 3.63) is 35.4 Å². The molecule has 0 saturated carbocycles. The van der Waals surface area contributed by atoms with Gasteiger partial charge < -0.3 is 15.4 Å². The Bertz CT molecular complexity index is 883. The predicted octanol–water partition coefficient (Wildman–Crippen LogP) is 0.566. The number of esters is 1. The minimum Gasteiger partial charge on any atom is -0.454 e. The van der Waals surface area contributed by atoms with E-state index in [1.165, 1.54) is 0 Å². The number of ether oxygens (including phenoxy) is 1. The van der Waals surface area contributed by atoms with E-state index in [-0.39, 0.29) is 17.9 Å². The van der Waals surface area contributed by atoms with E-state index in [1.807, 2.05) is 0 Å². The maximum absolute atomic E-state index is 13.7. The van der Waals surface area contributed by atoms with E-state index < -0.39 is 69.4 Å². The van der Waals surface area contributed by atoms with Gasteiger partial charge in [-0.25, -0.2) is 22.0 Å². The molecule has 2 rings (SSSR count). The van der Waals surface area contributed by atoms with Gasteiger partial charge in [0.1, 0.15) is 23.2 Å². The van der Waals surface area contributed by atoms with E-state index >= 15 is 0 Å². The number of benzene rings is 1. The molecule has 0 unspecified atom stereocenters. The second-order valence-corrected chi connectivity index (χ2v) is 9.30. The molecule has 0 aromatic heterocycles.